The van der Waals surface area contributed by atoms with E-state index in [0.29, 0.717) is 0 Å². The first-order chi connectivity index (χ1) is 11.3. The minimum absolute atomic E-state index is 0.813. The van der Waals surface area contributed by atoms with Gasteiger partial charge in [-0.25, -0.2) is 0 Å². The number of benzene rings is 3. The lowest BCUT2D eigenvalue weighted by Crippen LogP contribution is -1.88. The molecular weight excluding hydrogens is 282 g/mol. The zero-order valence-electron chi connectivity index (χ0n) is 12.7. The number of nitrogens with zero attached hydrogens (tertiary/aromatic N) is 2. The molecule has 0 aliphatic rings. The Bertz CT molecular complexity index is 806. The van der Waals surface area contributed by atoms with Gasteiger partial charge in [-0.3, -0.25) is 0 Å². The van der Waals surface area contributed by atoms with Crippen LogP contribution < -0.4 is 5.32 Å². The highest BCUT2D eigenvalue weighted by Gasteiger charge is 1.95. The summed E-state index contributed by atoms with van der Waals surface area (Å²) in [6.45, 7) is 3.76. The van der Waals surface area contributed by atoms with Gasteiger partial charge in [0.05, 0.1) is 11.4 Å². The molecule has 0 aliphatic heterocycles. The van der Waals surface area contributed by atoms with Gasteiger partial charge < -0.3 is 5.32 Å². The third kappa shape index (κ3) is 4.14. The molecule has 0 bridgehead atoms. The number of hydrogen-bond donors (Lipinski definition) is 1. The SMILES string of the molecule is C=Cc1cccc(/N=N/c2ccc(Nc3ccccc3)cc2)c1. The van der Waals surface area contributed by atoms with Crippen LogP contribution in [0.3, 0.4) is 0 Å². The van der Waals surface area contributed by atoms with E-state index in [2.05, 4.69) is 22.1 Å². The molecule has 112 valence electrons. The van der Waals surface area contributed by atoms with Crippen molar-refractivity contribution in [1.29, 1.82) is 0 Å². The highest BCUT2D eigenvalue weighted by atomic mass is 15.1. The molecule has 0 fully saturated rings. The first-order valence-electron chi connectivity index (χ1n) is 7.40. The average molecular weight is 299 g/mol. The number of hydrogen-bond acceptors (Lipinski definition) is 3. The standard InChI is InChI=1S/C20H17N3/c1-2-16-7-6-10-20(15-16)23-22-19-13-11-18(12-14-19)21-17-8-4-3-5-9-17/h2-15,21H,1H2/b23-22+. The van der Waals surface area contributed by atoms with Crippen molar-refractivity contribution >= 4 is 28.8 Å². The van der Waals surface area contributed by atoms with Crippen LogP contribution in [0.25, 0.3) is 6.08 Å². The smallest absolute Gasteiger partial charge is 0.0863 e. The Morgan fingerprint density at radius 3 is 2.13 bits per heavy atom. The van der Waals surface area contributed by atoms with Gasteiger partial charge in [0.2, 0.25) is 0 Å². The number of nitrogens with one attached hydrogen (secondary N) is 1. The van der Waals surface area contributed by atoms with Crippen molar-refractivity contribution < 1.29 is 0 Å². The number of para-hydroxylation sites is 1. The van der Waals surface area contributed by atoms with Gasteiger partial charge in [-0.1, -0.05) is 43.0 Å². The molecule has 3 heteroatoms. The van der Waals surface area contributed by atoms with Crippen molar-refractivity contribution in [2.24, 2.45) is 10.2 Å². The van der Waals surface area contributed by atoms with E-state index in [4.69, 9.17) is 0 Å². The van der Waals surface area contributed by atoms with Crippen molar-refractivity contribution in [1.82, 2.24) is 0 Å². The van der Waals surface area contributed by atoms with Gasteiger partial charge in [0.15, 0.2) is 0 Å². The van der Waals surface area contributed by atoms with Crippen LogP contribution in [0.1, 0.15) is 5.56 Å². The minimum atomic E-state index is 0.813. The number of anilines is 2. The van der Waals surface area contributed by atoms with Crippen molar-refractivity contribution in [3.63, 3.8) is 0 Å². The molecule has 3 nitrogen and oxygen atoms in total. The summed E-state index contributed by atoms with van der Waals surface area (Å²) in [4.78, 5) is 0. The molecular formula is C20H17N3. The summed E-state index contributed by atoms with van der Waals surface area (Å²) in [5.74, 6) is 0. The molecule has 23 heavy (non-hydrogen) atoms. The lowest BCUT2D eigenvalue weighted by molar-refractivity contribution is 1.23. The Labute approximate surface area is 136 Å². The normalized spacial score (nSPS) is 10.6. The van der Waals surface area contributed by atoms with E-state index in [9.17, 15) is 0 Å². The Morgan fingerprint density at radius 2 is 1.39 bits per heavy atom. The maximum atomic E-state index is 4.26. The van der Waals surface area contributed by atoms with Crippen molar-refractivity contribution in [3.8, 4) is 0 Å². The molecule has 0 atom stereocenters. The van der Waals surface area contributed by atoms with Crippen molar-refractivity contribution in [3.05, 3.63) is 91.0 Å². The van der Waals surface area contributed by atoms with Crippen LogP contribution in [0.2, 0.25) is 0 Å². The number of rotatable bonds is 5. The second-order valence-corrected chi connectivity index (χ2v) is 5.04. The fourth-order valence-corrected chi connectivity index (χ4v) is 2.13. The number of azo groups is 1. The van der Waals surface area contributed by atoms with Gasteiger partial charge in [-0.05, 0) is 54.1 Å². The Morgan fingerprint density at radius 1 is 0.696 bits per heavy atom. The van der Waals surface area contributed by atoms with E-state index in [-0.39, 0.29) is 0 Å². The molecule has 1 N–H and O–H groups in total. The van der Waals surface area contributed by atoms with Gasteiger partial charge in [0, 0.05) is 11.4 Å². The Kier molecular flexibility index (Phi) is 4.60. The van der Waals surface area contributed by atoms with Crippen LogP contribution in [0.4, 0.5) is 22.7 Å². The van der Waals surface area contributed by atoms with E-state index >= 15 is 0 Å². The summed E-state index contributed by atoms with van der Waals surface area (Å²) in [5.41, 5.74) is 4.73. The monoisotopic (exact) mass is 299 g/mol. The maximum absolute atomic E-state index is 4.26. The van der Waals surface area contributed by atoms with Crippen LogP contribution in [0.5, 0.6) is 0 Å². The molecule has 3 aromatic rings. The minimum Gasteiger partial charge on any atom is -0.356 e. The van der Waals surface area contributed by atoms with Gasteiger partial charge in [-0.15, -0.1) is 0 Å². The molecule has 0 unspecified atom stereocenters. The van der Waals surface area contributed by atoms with E-state index in [1.807, 2.05) is 78.9 Å². The largest absolute Gasteiger partial charge is 0.356 e. The third-order valence-corrected chi connectivity index (χ3v) is 3.32. The van der Waals surface area contributed by atoms with Crippen LogP contribution in [-0.2, 0) is 0 Å². The fraction of sp³-hybridized carbons (Fsp3) is 0. The maximum Gasteiger partial charge on any atom is 0.0863 e. The zero-order chi connectivity index (χ0) is 15.9. The third-order valence-electron chi connectivity index (χ3n) is 3.32. The van der Waals surface area contributed by atoms with Crippen LogP contribution in [0, 0.1) is 0 Å². The predicted octanol–water partition coefficient (Wildman–Crippen LogP) is 6.49. The molecule has 3 aromatic carbocycles. The quantitative estimate of drug-likeness (QED) is 0.537. The molecule has 0 aromatic heterocycles. The van der Waals surface area contributed by atoms with E-state index in [0.717, 1.165) is 28.3 Å². The molecule has 0 amide bonds. The van der Waals surface area contributed by atoms with Crippen LogP contribution in [-0.4, -0.2) is 0 Å². The van der Waals surface area contributed by atoms with Crippen LogP contribution in [0.15, 0.2) is 95.7 Å². The van der Waals surface area contributed by atoms with Gasteiger partial charge >= 0.3 is 0 Å². The molecule has 0 radical (unpaired) electrons. The first-order valence-corrected chi connectivity index (χ1v) is 7.40. The predicted molar refractivity (Wildman–Crippen MR) is 96.9 cm³/mol. The van der Waals surface area contributed by atoms with E-state index in [1.165, 1.54) is 0 Å². The highest BCUT2D eigenvalue weighted by Crippen LogP contribution is 2.23. The van der Waals surface area contributed by atoms with E-state index in [1.54, 1.807) is 6.08 Å². The molecule has 0 heterocycles. The molecule has 3 rings (SSSR count). The second-order valence-electron chi connectivity index (χ2n) is 5.04. The lowest BCUT2D eigenvalue weighted by Gasteiger charge is -2.05. The van der Waals surface area contributed by atoms with Gasteiger partial charge in [0.1, 0.15) is 0 Å². The fourth-order valence-electron chi connectivity index (χ4n) is 2.13. The molecule has 0 saturated carbocycles. The Balaban J connectivity index is 1.69. The summed E-state index contributed by atoms with van der Waals surface area (Å²) >= 11 is 0. The summed E-state index contributed by atoms with van der Waals surface area (Å²) in [6, 6.07) is 25.7. The van der Waals surface area contributed by atoms with Crippen molar-refractivity contribution in [2.45, 2.75) is 0 Å². The molecule has 0 saturated heterocycles. The lowest BCUT2D eigenvalue weighted by atomic mass is 10.2. The molecule has 0 aliphatic carbocycles. The highest BCUT2D eigenvalue weighted by molar-refractivity contribution is 5.61. The summed E-state index contributed by atoms with van der Waals surface area (Å²) < 4.78 is 0. The van der Waals surface area contributed by atoms with Gasteiger partial charge in [0.25, 0.3) is 0 Å². The summed E-state index contributed by atoms with van der Waals surface area (Å²) in [5, 5.41) is 11.9. The summed E-state index contributed by atoms with van der Waals surface area (Å²) in [7, 11) is 0. The van der Waals surface area contributed by atoms with Crippen molar-refractivity contribution in [2.75, 3.05) is 5.32 Å². The first kappa shape index (κ1) is 14.7. The zero-order valence-corrected chi connectivity index (χ0v) is 12.7. The van der Waals surface area contributed by atoms with E-state index < -0.39 is 0 Å². The Hall–Kier alpha value is -3.20. The second kappa shape index (κ2) is 7.18. The molecule has 0 spiro atoms. The topological polar surface area (TPSA) is 36.8 Å². The average Bonchev–Trinajstić information content (AvgIpc) is 2.62. The van der Waals surface area contributed by atoms with Gasteiger partial charge in [-0.2, -0.15) is 10.2 Å². The van der Waals surface area contributed by atoms with Crippen LogP contribution >= 0.6 is 0 Å². The summed E-state index contributed by atoms with van der Waals surface area (Å²) in [6.07, 6.45) is 1.79.